The second-order valence-corrected chi connectivity index (χ2v) is 6.73. The summed E-state index contributed by atoms with van der Waals surface area (Å²) in [5, 5.41) is 9.36. The van der Waals surface area contributed by atoms with Crippen molar-refractivity contribution in [2.75, 3.05) is 13.7 Å². The minimum atomic E-state index is -0.448. The predicted molar refractivity (Wildman–Crippen MR) is 78.9 cm³/mol. The molecule has 0 saturated heterocycles. The van der Waals surface area contributed by atoms with Crippen molar-refractivity contribution in [2.45, 2.75) is 71.3 Å². The molecule has 1 saturated carbocycles. The zero-order chi connectivity index (χ0) is 14.5. The van der Waals surface area contributed by atoms with Crippen LogP contribution in [0.2, 0.25) is 0 Å². The van der Waals surface area contributed by atoms with Gasteiger partial charge in [-0.3, -0.25) is 4.79 Å². The van der Waals surface area contributed by atoms with Gasteiger partial charge in [0.15, 0.2) is 0 Å². The highest BCUT2D eigenvalue weighted by atomic mass is 16.3. The Morgan fingerprint density at radius 2 is 1.84 bits per heavy atom. The number of amides is 1. The van der Waals surface area contributed by atoms with Crippen molar-refractivity contribution in [3.63, 3.8) is 0 Å². The smallest absolute Gasteiger partial charge is 0.225 e. The molecule has 0 aliphatic heterocycles. The van der Waals surface area contributed by atoms with Gasteiger partial charge in [-0.1, -0.05) is 26.2 Å². The first-order chi connectivity index (χ1) is 8.92. The fourth-order valence-electron chi connectivity index (χ4n) is 2.87. The first-order valence-electron chi connectivity index (χ1n) is 7.81. The highest BCUT2D eigenvalue weighted by Gasteiger charge is 2.33. The van der Waals surface area contributed by atoms with Gasteiger partial charge in [0.25, 0.3) is 0 Å². The standard InChI is InChI=1S/C16H31NO2/c1-5-6-7-13-8-10-14(11-9-13)15(19)17(4)16(2,3)12-18/h13-14,18H,5-12H2,1-4H3. The van der Waals surface area contributed by atoms with Gasteiger partial charge in [-0.05, 0) is 45.4 Å². The number of hydrogen-bond acceptors (Lipinski definition) is 2. The summed E-state index contributed by atoms with van der Waals surface area (Å²) in [4.78, 5) is 14.2. The Morgan fingerprint density at radius 1 is 1.26 bits per heavy atom. The molecule has 1 fully saturated rings. The third-order valence-corrected chi connectivity index (χ3v) is 4.79. The first-order valence-corrected chi connectivity index (χ1v) is 7.81. The van der Waals surface area contributed by atoms with Gasteiger partial charge in [0.1, 0.15) is 0 Å². The Bertz CT molecular complexity index is 280. The lowest BCUT2D eigenvalue weighted by atomic mass is 9.79. The van der Waals surface area contributed by atoms with Crippen LogP contribution < -0.4 is 0 Å². The molecule has 0 unspecified atom stereocenters. The van der Waals surface area contributed by atoms with Gasteiger partial charge in [-0.25, -0.2) is 0 Å². The van der Waals surface area contributed by atoms with E-state index in [0.29, 0.717) is 0 Å². The molecule has 0 aromatic heterocycles. The molecular formula is C16H31NO2. The van der Waals surface area contributed by atoms with Crippen LogP contribution in [0.5, 0.6) is 0 Å². The normalized spacial score (nSPS) is 24.3. The Hall–Kier alpha value is -0.570. The molecule has 0 bridgehead atoms. The van der Waals surface area contributed by atoms with Crippen LogP contribution in [0.1, 0.15) is 65.7 Å². The molecule has 1 amide bonds. The third-order valence-electron chi connectivity index (χ3n) is 4.79. The fraction of sp³-hybridized carbons (Fsp3) is 0.938. The number of nitrogens with zero attached hydrogens (tertiary/aromatic N) is 1. The Labute approximate surface area is 118 Å². The van der Waals surface area contributed by atoms with Crippen LogP contribution in [0.25, 0.3) is 0 Å². The van der Waals surface area contributed by atoms with Crippen LogP contribution >= 0.6 is 0 Å². The highest BCUT2D eigenvalue weighted by molar-refractivity contribution is 5.79. The molecule has 0 atom stereocenters. The van der Waals surface area contributed by atoms with E-state index < -0.39 is 5.54 Å². The molecule has 3 heteroatoms. The van der Waals surface area contributed by atoms with Crippen LogP contribution in [0, 0.1) is 11.8 Å². The van der Waals surface area contributed by atoms with E-state index in [-0.39, 0.29) is 18.4 Å². The van der Waals surface area contributed by atoms with Crippen molar-refractivity contribution in [3.05, 3.63) is 0 Å². The minimum absolute atomic E-state index is 0.0150. The summed E-state index contributed by atoms with van der Waals surface area (Å²) in [6.45, 7) is 6.08. The lowest BCUT2D eigenvalue weighted by Gasteiger charge is -2.38. The Kier molecular flexibility index (Phi) is 6.31. The highest BCUT2D eigenvalue weighted by Crippen LogP contribution is 2.33. The van der Waals surface area contributed by atoms with Crippen LogP contribution in [-0.2, 0) is 4.79 Å². The van der Waals surface area contributed by atoms with E-state index in [4.69, 9.17) is 0 Å². The average molecular weight is 269 g/mol. The van der Waals surface area contributed by atoms with Crippen molar-refractivity contribution < 1.29 is 9.90 Å². The Morgan fingerprint density at radius 3 is 2.32 bits per heavy atom. The number of likely N-dealkylation sites (N-methyl/N-ethyl adjacent to an activating group) is 1. The number of aliphatic hydroxyl groups is 1. The maximum absolute atomic E-state index is 12.4. The van der Waals surface area contributed by atoms with Crippen LogP contribution in [0.3, 0.4) is 0 Å². The second kappa shape index (κ2) is 7.28. The first kappa shape index (κ1) is 16.5. The SMILES string of the molecule is CCCCC1CCC(C(=O)N(C)C(C)(C)CO)CC1. The van der Waals surface area contributed by atoms with Gasteiger partial charge in [-0.15, -0.1) is 0 Å². The molecule has 1 rings (SSSR count). The van der Waals surface area contributed by atoms with E-state index in [1.807, 2.05) is 20.9 Å². The zero-order valence-corrected chi connectivity index (χ0v) is 13.1. The molecule has 0 heterocycles. The zero-order valence-electron chi connectivity index (χ0n) is 13.1. The fourth-order valence-corrected chi connectivity index (χ4v) is 2.87. The van der Waals surface area contributed by atoms with Gasteiger partial charge in [0.2, 0.25) is 5.91 Å². The second-order valence-electron chi connectivity index (χ2n) is 6.73. The molecular weight excluding hydrogens is 238 g/mol. The molecule has 1 aliphatic rings. The molecule has 19 heavy (non-hydrogen) atoms. The van der Waals surface area contributed by atoms with Gasteiger partial charge >= 0.3 is 0 Å². The van der Waals surface area contributed by atoms with E-state index in [1.54, 1.807) is 4.90 Å². The molecule has 0 aromatic carbocycles. The maximum Gasteiger partial charge on any atom is 0.225 e. The number of aliphatic hydroxyl groups excluding tert-OH is 1. The quantitative estimate of drug-likeness (QED) is 0.804. The largest absolute Gasteiger partial charge is 0.394 e. The summed E-state index contributed by atoms with van der Waals surface area (Å²) in [6, 6.07) is 0. The third kappa shape index (κ3) is 4.48. The topological polar surface area (TPSA) is 40.5 Å². The summed E-state index contributed by atoms with van der Waals surface area (Å²) in [5.74, 6) is 1.22. The summed E-state index contributed by atoms with van der Waals surface area (Å²) in [7, 11) is 1.82. The summed E-state index contributed by atoms with van der Waals surface area (Å²) in [6.07, 6.45) is 8.37. The molecule has 1 N–H and O–H groups in total. The van der Waals surface area contributed by atoms with Crippen LogP contribution in [-0.4, -0.2) is 35.1 Å². The average Bonchev–Trinajstić information content (AvgIpc) is 2.44. The molecule has 0 radical (unpaired) electrons. The molecule has 1 aliphatic carbocycles. The number of unbranched alkanes of at least 4 members (excludes halogenated alkanes) is 1. The summed E-state index contributed by atoms with van der Waals surface area (Å²) < 4.78 is 0. The molecule has 0 spiro atoms. The van der Waals surface area contributed by atoms with Crippen molar-refractivity contribution in [1.82, 2.24) is 4.90 Å². The Balaban J connectivity index is 2.44. The van der Waals surface area contributed by atoms with Crippen LogP contribution in [0.15, 0.2) is 0 Å². The van der Waals surface area contributed by atoms with E-state index in [0.717, 1.165) is 18.8 Å². The number of carbonyl (C=O) groups excluding carboxylic acids is 1. The van der Waals surface area contributed by atoms with Crippen LogP contribution in [0.4, 0.5) is 0 Å². The van der Waals surface area contributed by atoms with Crippen molar-refractivity contribution >= 4 is 5.91 Å². The number of rotatable bonds is 6. The maximum atomic E-state index is 12.4. The lowest BCUT2D eigenvalue weighted by molar-refractivity contribution is -0.141. The summed E-state index contributed by atoms with van der Waals surface area (Å²) >= 11 is 0. The van der Waals surface area contributed by atoms with Gasteiger partial charge in [-0.2, -0.15) is 0 Å². The van der Waals surface area contributed by atoms with Crippen molar-refractivity contribution in [1.29, 1.82) is 0 Å². The van der Waals surface area contributed by atoms with E-state index in [2.05, 4.69) is 6.92 Å². The van der Waals surface area contributed by atoms with Crippen molar-refractivity contribution in [2.24, 2.45) is 11.8 Å². The van der Waals surface area contributed by atoms with E-state index in [9.17, 15) is 9.90 Å². The molecule has 112 valence electrons. The van der Waals surface area contributed by atoms with Gasteiger partial charge < -0.3 is 10.0 Å². The van der Waals surface area contributed by atoms with Gasteiger partial charge in [0.05, 0.1) is 12.1 Å². The van der Waals surface area contributed by atoms with Crippen molar-refractivity contribution in [3.8, 4) is 0 Å². The van der Waals surface area contributed by atoms with Gasteiger partial charge in [0, 0.05) is 13.0 Å². The summed E-state index contributed by atoms with van der Waals surface area (Å²) in [5.41, 5.74) is -0.448. The van der Waals surface area contributed by atoms with E-state index >= 15 is 0 Å². The number of hydrogen-bond donors (Lipinski definition) is 1. The van der Waals surface area contributed by atoms with E-state index in [1.165, 1.54) is 32.1 Å². The molecule has 0 aromatic rings. The monoisotopic (exact) mass is 269 g/mol. The minimum Gasteiger partial charge on any atom is -0.394 e. The predicted octanol–water partition coefficient (Wildman–Crippen LogP) is 3.21. The lowest BCUT2D eigenvalue weighted by Crippen LogP contribution is -2.50. The molecule has 3 nitrogen and oxygen atoms in total. The number of carbonyl (C=O) groups is 1.